The maximum absolute atomic E-state index is 13.4. The highest BCUT2D eigenvalue weighted by Gasteiger charge is 2.19. The number of morpholine rings is 1. The third kappa shape index (κ3) is 5.29. The predicted octanol–water partition coefficient (Wildman–Crippen LogP) is 2.90. The number of halogens is 2. The number of rotatable bonds is 6. The number of hydrogen-bond acceptors (Lipinski definition) is 4. The Kier molecular flexibility index (Phi) is 6.77. The fourth-order valence-electron chi connectivity index (χ4n) is 3.09. The van der Waals surface area contributed by atoms with Crippen LogP contribution in [0.1, 0.15) is 17.3 Å². The molecule has 6 nitrogen and oxygen atoms in total. The highest BCUT2D eigenvalue weighted by Crippen LogP contribution is 2.19. The van der Waals surface area contributed by atoms with Gasteiger partial charge < -0.3 is 19.9 Å². The molecule has 154 valence electrons. The van der Waals surface area contributed by atoms with E-state index in [0.717, 1.165) is 30.9 Å². The fraction of sp³-hybridized carbons (Fsp3) is 0.333. The van der Waals surface area contributed by atoms with Crippen LogP contribution in [-0.4, -0.2) is 56.1 Å². The number of carbonyl (C=O) groups excluding carboxylic acids is 2. The van der Waals surface area contributed by atoms with Crippen molar-refractivity contribution in [2.75, 3.05) is 49.6 Å². The highest BCUT2D eigenvalue weighted by atomic mass is 19.2. The normalized spacial score (nSPS) is 13.8. The molecule has 1 aliphatic rings. The van der Waals surface area contributed by atoms with Crippen molar-refractivity contribution in [3.8, 4) is 0 Å². The Morgan fingerprint density at radius 1 is 1.07 bits per heavy atom. The van der Waals surface area contributed by atoms with Crippen molar-refractivity contribution in [2.24, 2.45) is 0 Å². The van der Waals surface area contributed by atoms with Gasteiger partial charge in [-0.25, -0.2) is 8.78 Å². The molecular weight excluding hydrogens is 380 g/mol. The summed E-state index contributed by atoms with van der Waals surface area (Å²) in [6, 6.07) is 10.4. The van der Waals surface area contributed by atoms with Crippen molar-refractivity contribution in [3.63, 3.8) is 0 Å². The largest absolute Gasteiger partial charge is 0.378 e. The Balaban J connectivity index is 1.59. The van der Waals surface area contributed by atoms with Crippen molar-refractivity contribution in [2.45, 2.75) is 6.92 Å². The Labute approximate surface area is 168 Å². The molecule has 2 aromatic carbocycles. The molecule has 0 radical (unpaired) electrons. The molecule has 0 unspecified atom stereocenters. The molecule has 0 aliphatic carbocycles. The van der Waals surface area contributed by atoms with Gasteiger partial charge in [-0.2, -0.15) is 0 Å². The first-order valence-corrected chi connectivity index (χ1v) is 9.45. The van der Waals surface area contributed by atoms with Gasteiger partial charge in [0, 0.05) is 36.6 Å². The number of nitrogens with zero attached hydrogens (tertiary/aromatic N) is 2. The lowest BCUT2D eigenvalue weighted by atomic mass is 10.2. The van der Waals surface area contributed by atoms with Crippen molar-refractivity contribution >= 4 is 23.2 Å². The number of likely N-dealkylation sites (N-methyl/N-ethyl adjacent to an activating group) is 1. The maximum Gasteiger partial charge on any atom is 0.254 e. The molecule has 8 heteroatoms. The second-order valence-corrected chi connectivity index (χ2v) is 6.64. The van der Waals surface area contributed by atoms with Crippen LogP contribution in [0.2, 0.25) is 0 Å². The minimum absolute atomic E-state index is 0.00610. The molecular formula is C21H23F2N3O3. The second kappa shape index (κ2) is 9.47. The van der Waals surface area contributed by atoms with Gasteiger partial charge >= 0.3 is 0 Å². The van der Waals surface area contributed by atoms with Gasteiger partial charge in [0.15, 0.2) is 11.6 Å². The van der Waals surface area contributed by atoms with Crippen LogP contribution in [0.15, 0.2) is 42.5 Å². The zero-order valence-electron chi connectivity index (χ0n) is 16.2. The summed E-state index contributed by atoms with van der Waals surface area (Å²) >= 11 is 0. The summed E-state index contributed by atoms with van der Waals surface area (Å²) in [7, 11) is 0. The average molecular weight is 403 g/mol. The molecule has 2 aromatic rings. The summed E-state index contributed by atoms with van der Waals surface area (Å²) < 4.78 is 31.8. The van der Waals surface area contributed by atoms with E-state index in [1.165, 1.54) is 11.0 Å². The van der Waals surface area contributed by atoms with Gasteiger partial charge in [-0.1, -0.05) is 0 Å². The van der Waals surface area contributed by atoms with Gasteiger partial charge in [-0.15, -0.1) is 0 Å². The van der Waals surface area contributed by atoms with E-state index in [1.807, 2.05) is 12.1 Å². The molecule has 0 atom stereocenters. The molecule has 1 heterocycles. The highest BCUT2D eigenvalue weighted by molar-refractivity contribution is 5.99. The van der Waals surface area contributed by atoms with Crippen molar-refractivity contribution in [1.29, 1.82) is 0 Å². The molecule has 3 rings (SSSR count). The van der Waals surface area contributed by atoms with Crippen LogP contribution in [0, 0.1) is 11.6 Å². The van der Waals surface area contributed by atoms with E-state index >= 15 is 0 Å². The van der Waals surface area contributed by atoms with E-state index in [0.29, 0.717) is 18.9 Å². The maximum atomic E-state index is 13.4. The van der Waals surface area contributed by atoms with Gasteiger partial charge in [0.25, 0.3) is 5.91 Å². The standard InChI is InChI=1S/C21H23F2N3O3/c1-2-25(21(28)15-3-8-18(22)19(23)13-15)14-20(27)24-16-4-6-17(7-5-16)26-9-11-29-12-10-26/h3-8,13H,2,9-12,14H2,1H3,(H,24,27). The number of carbonyl (C=O) groups is 2. The zero-order valence-corrected chi connectivity index (χ0v) is 16.2. The molecule has 1 aliphatic heterocycles. The van der Waals surface area contributed by atoms with Gasteiger partial charge in [0.2, 0.25) is 5.91 Å². The molecule has 0 aromatic heterocycles. The van der Waals surface area contributed by atoms with Crippen LogP contribution in [0.3, 0.4) is 0 Å². The average Bonchev–Trinajstić information content (AvgIpc) is 2.74. The monoisotopic (exact) mass is 403 g/mol. The smallest absolute Gasteiger partial charge is 0.254 e. The molecule has 1 N–H and O–H groups in total. The van der Waals surface area contributed by atoms with Gasteiger partial charge in [0.1, 0.15) is 6.54 Å². The Morgan fingerprint density at radius 2 is 1.76 bits per heavy atom. The lowest BCUT2D eigenvalue weighted by Crippen LogP contribution is -2.38. The lowest BCUT2D eigenvalue weighted by Gasteiger charge is -2.29. The zero-order chi connectivity index (χ0) is 20.8. The van der Waals surface area contributed by atoms with E-state index < -0.39 is 17.5 Å². The first kappa shape index (κ1) is 20.7. The summed E-state index contributed by atoms with van der Waals surface area (Å²) in [5.74, 6) is -3.04. The third-order valence-electron chi connectivity index (χ3n) is 4.70. The molecule has 2 amide bonds. The topological polar surface area (TPSA) is 61.9 Å². The summed E-state index contributed by atoms with van der Waals surface area (Å²) in [5, 5.41) is 2.75. The Hall–Kier alpha value is -3.00. The Morgan fingerprint density at radius 3 is 2.38 bits per heavy atom. The van der Waals surface area contributed by atoms with E-state index in [-0.39, 0.29) is 24.6 Å². The molecule has 0 spiro atoms. The van der Waals surface area contributed by atoms with Gasteiger partial charge in [-0.05, 0) is 49.4 Å². The summed E-state index contributed by atoms with van der Waals surface area (Å²) in [6.07, 6.45) is 0. The predicted molar refractivity (Wildman–Crippen MR) is 106 cm³/mol. The van der Waals surface area contributed by atoms with Crippen LogP contribution in [0.25, 0.3) is 0 Å². The quantitative estimate of drug-likeness (QED) is 0.806. The van der Waals surface area contributed by atoms with Crippen LogP contribution in [-0.2, 0) is 9.53 Å². The van der Waals surface area contributed by atoms with E-state index in [1.54, 1.807) is 19.1 Å². The number of nitrogens with one attached hydrogen (secondary N) is 1. The van der Waals surface area contributed by atoms with Crippen LogP contribution in [0.5, 0.6) is 0 Å². The van der Waals surface area contributed by atoms with E-state index in [9.17, 15) is 18.4 Å². The molecule has 0 bridgehead atoms. The van der Waals surface area contributed by atoms with E-state index in [2.05, 4.69) is 10.2 Å². The molecule has 1 fully saturated rings. The van der Waals surface area contributed by atoms with Crippen LogP contribution < -0.4 is 10.2 Å². The Bertz CT molecular complexity index is 868. The van der Waals surface area contributed by atoms with Gasteiger partial charge in [-0.3, -0.25) is 9.59 Å². The van der Waals surface area contributed by atoms with Crippen LogP contribution in [0.4, 0.5) is 20.2 Å². The number of anilines is 2. The summed E-state index contributed by atoms with van der Waals surface area (Å²) in [6.45, 7) is 4.80. The number of ether oxygens (including phenoxy) is 1. The number of amides is 2. The number of benzene rings is 2. The second-order valence-electron chi connectivity index (χ2n) is 6.64. The summed E-state index contributed by atoms with van der Waals surface area (Å²) in [5.41, 5.74) is 1.66. The lowest BCUT2D eigenvalue weighted by molar-refractivity contribution is -0.116. The minimum Gasteiger partial charge on any atom is -0.378 e. The third-order valence-corrected chi connectivity index (χ3v) is 4.70. The minimum atomic E-state index is -1.10. The van der Waals surface area contributed by atoms with Crippen molar-refractivity contribution in [3.05, 3.63) is 59.7 Å². The first-order chi connectivity index (χ1) is 14.0. The van der Waals surface area contributed by atoms with Crippen molar-refractivity contribution in [1.82, 2.24) is 4.90 Å². The fourth-order valence-corrected chi connectivity index (χ4v) is 3.09. The SMILES string of the molecule is CCN(CC(=O)Nc1ccc(N2CCOCC2)cc1)C(=O)c1ccc(F)c(F)c1. The van der Waals surface area contributed by atoms with Crippen LogP contribution >= 0.6 is 0 Å². The van der Waals surface area contributed by atoms with E-state index in [4.69, 9.17) is 4.74 Å². The molecule has 29 heavy (non-hydrogen) atoms. The van der Waals surface area contributed by atoms with Gasteiger partial charge in [0.05, 0.1) is 13.2 Å². The molecule has 1 saturated heterocycles. The summed E-state index contributed by atoms with van der Waals surface area (Å²) in [4.78, 5) is 28.3. The first-order valence-electron chi connectivity index (χ1n) is 9.45. The van der Waals surface area contributed by atoms with Crippen molar-refractivity contribution < 1.29 is 23.1 Å². The molecule has 0 saturated carbocycles. The number of hydrogen-bond donors (Lipinski definition) is 1.